The average molecular weight is 277 g/mol. The van der Waals surface area contributed by atoms with E-state index in [1.165, 1.54) is 0 Å². The molecule has 0 aromatic heterocycles. The number of amides is 1. The summed E-state index contributed by atoms with van der Waals surface area (Å²) in [5.74, 6) is -1.11. The summed E-state index contributed by atoms with van der Waals surface area (Å²) < 4.78 is 21.4. The molecule has 1 amide bonds. The molecule has 0 unspecified atom stereocenters. The van der Waals surface area contributed by atoms with Gasteiger partial charge in [-0.3, -0.25) is 4.79 Å². The summed E-state index contributed by atoms with van der Waals surface area (Å²) in [6, 6.07) is 0. The molecule has 0 radical (unpaired) electrons. The molecule has 0 atom stereocenters. The van der Waals surface area contributed by atoms with Crippen LogP contribution >= 0.6 is 22.6 Å². The molecular weight excluding hydrogens is 267 g/mol. The molecule has 0 saturated heterocycles. The molecule has 2 nitrogen and oxygen atoms in total. The molecule has 66 valence electrons. The molecule has 0 spiro atoms. The van der Waals surface area contributed by atoms with Crippen LogP contribution in [0.1, 0.15) is 13.8 Å². The van der Waals surface area contributed by atoms with Crippen LogP contribution in [0.2, 0.25) is 0 Å². The first-order valence-corrected chi connectivity index (χ1v) is 4.37. The predicted octanol–water partition coefficient (Wildman–Crippen LogP) is 1.88. The monoisotopic (exact) mass is 277 g/mol. The summed E-state index contributed by atoms with van der Waals surface area (Å²) in [7, 11) is 0. The Balaban J connectivity index is 4.22. The highest BCUT2D eigenvalue weighted by molar-refractivity contribution is 14.1. The first-order valence-electron chi connectivity index (χ1n) is 3.29. The van der Waals surface area contributed by atoms with Crippen LogP contribution in [0.5, 0.6) is 0 Å². The summed E-state index contributed by atoms with van der Waals surface area (Å²) in [5, 5.41) is 0. The fourth-order valence-corrected chi connectivity index (χ4v) is 1.03. The van der Waals surface area contributed by atoms with Gasteiger partial charge in [-0.15, -0.1) is 0 Å². The molecule has 0 fully saturated rings. The Morgan fingerprint density at radius 1 is 1.45 bits per heavy atom. The largest absolute Gasteiger partial charge is 0.372 e. The van der Waals surface area contributed by atoms with Crippen molar-refractivity contribution in [3.05, 3.63) is 0 Å². The highest BCUT2D eigenvalue weighted by atomic mass is 127. The Bertz CT molecular complexity index is 142. The number of carbonyl (C=O) groups is 1. The van der Waals surface area contributed by atoms with E-state index in [1.54, 1.807) is 13.8 Å². The van der Waals surface area contributed by atoms with E-state index in [0.717, 1.165) is 27.5 Å². The quantitative estimate of drug-likeness (QED) is 0.569. The summed E-state index contributed by atoms with van der Waals surface area (Å²) >= 11 is 0.840. The number of nitrogens with zero attached hydrogens (tertiary/aromatic N) is 1. The Kier molecular flexibility index (Phi) is 4.20. The Morgan fingerprint density at radius 2 is 1.82 bits per heavy atom. The van der Waals surface area contributed by atoms with Crippen molar-refractivity contribution >= 4 is 28.5 Å². The molecule has 0 aliphatic heterocycles. The lowest BCUT2D eigenvalue weighted by molar-refractivity contribution is -0.144. The third kappa shape index (κ3) is 3.31. The lowest BCUT2D eigenvalue weighted by Gasteiger charge is -2.20. The van der Waals surface area contributed by atoms with E-state index in [-0.39, 0.29) is 0 Å². The number of alkyl halides is 3. The predicted molar refractivity (Wildman–Crippen MR) is 46.9 cm³/mol. The van der Waals surface area contributed by atoms with Gasteiger partial charge in [-0.2, -0.15) is 8.78 Å². The Hall–Kier alpha value is 0.0600. The third-order valence-corrected chi connectivity index (χ3v) is 1.75. The average Bonchev–Trinajstić information content (AvgIpc) is 1.88. The van der Waals surface area contributed by atoms with E-state index < -0.39 is 9.84 Å². The second kappa shape index (κ2) is 4.18. The van der Waals surface area contributed by atoms with Crippen LogP contribution in [0.3, 0.4) is 0 Å². The lowest BCUT2D eigenvalue weighted by Crippen LogP contribution is -2.39. The summed E-state index contributed by atoms with van der Waals surface area (Å²) in [6.07, 6.45) is 0. The van der Waals surface area contributed by atoms with Gasteiger partial charge in [0.25, 0.3) is 0 Å². The molecule has 11 heavy (non-hydrogen) atoms. The standard InChI is InChI=1S/C6H10F2INO/c1-3-10(4-2)5(11)6(7,8)9/h3-4H2,1-2H3. The highest BCUT2D eigenvalue weighted by Gasteiger charge is 2.37. The molecule has 5 heteroatoms. The van der Waals surface area contributed by atoms with Crippen molar-refractivity contribution in [2.24, 2.45) is 0 Å². The molecule has 0 aliphatic rings. The van der Waals surface area contributed by atoms with Crippen molar-refractivity contribution in [2.75, 3.05) is 13.1 Å². The Labute approximate surface area is 78.1 Å². The zero-order chi connectivity index (χ0) is 9.07. The van der Waals surface area contributed by atoms with Gasteiger partial charge < -0.3 is 4.90 Å². The Morgan fingerprint density at radius 3 is 1.91 bits per heavy atom. The van der Waals surface area contributed by atoms with Crippen LogP contribution < -0.4 is 0 Å². The molecule has 0 N–H and O–H groups in total. The summed E-state index contributed by atoms with van der Waals surface area (Å²) in [4.78, 5) is 11.9. The first kappa shape index (κ1) is 11.1. The van der Waals surface area contributed by atoms with Gasteiger partial charge in [0.15, 0.2) is 0 Å². The van der Waals surface area contributed by atoms with Crippen LogP contribution in [-0.4, -0.2) is 27.8 Å². The fraction of sp³-hybridized carbons (Fsp3) is 0.833. The van der Waals surface area contributed by atoms with Crippen molar-refractivity contribution < 1.29 is 13.6 Å². The van der Waals surface area contributed by atoms with Crippen LogP contribution in [0.4, 0.5) is 8.78 Å². The van der Waals surface area contributed by atoms with Crippen molar-refractivity contribution in [1.29, 1.82) is 0 Å². The third-order valence-electron chi connectivity index (χ3n) is 1.29. The van der Waals surface area contributed by atoms with Gasteiger partial charge in [-0.25, -0.2) is 0 Å². The fourth-order valence-electron chi connectivity index (χ4n) is 0.690. The second-order valence-corrected chi connectivity index (χ2v) is 3.33. The first-order chi connectivity index (χ1) is 4.93. The molecule has 0 aromatic rings. The van der Waals surface area contributed by atoms with E-state index >= 15 is 0 Å². The smallest absolute Gasteiger partial charge is 0.337 e. The van der Waals surface area contributed by atoms with Crippen LogP contribution in [0, 0.1) is 0 Å². The van der Waals surface area contributed by atoms with Gasteiger partial charge in [0.1, 0.15) is 0 Å². The number of carbonyl (C=O) groups excluding carboxylic acids is 1. The molecule has 0 heterocycles. The summed E-state index contributed by atoms with van der Waals surface area (Å²) in [6.45, 7) is 4.00. The number of hydrogen-bond acceptors (Lipinski definition) is 1. The maximum atomic E-state index is 12.3. The van der Waals surface area contributed by atoms with E-state index in [1.807, 2.05) is 0 Å². The van der Waals surface area contributed by atoms with Gasteiger partial charge >= 0.3 is 9.84 Å². The van der Waals surface area contributed by atoms with Gasteiger partial charge in [0, 0.05) is 35.7 Å². The number of rotatable bonds is 3. The van der Waals surface area contributed by atoms with Crippen molar-refractivity contribution in [1.82, 2.24) is 4.90 Å². The van der Waals surface area contributed by atoms with E-state index in [9.17, 15) is 13.6 Å². The normalized spacial score (nSPS) is 11.4. The second-order valence-electron chi connectivity index (χ2n) is 1.98. The molecule has 0 bridgehead atoms. The zero-order valence-corrected chi connectivity index (χ0v) is 8.56. The van der Waals surface area contributed by atoms with Crippen LogP contribution in [0.15, 0.2) is 0 Å². The maximum absolute atomic E-state index is 12.3. The minimum Gasteiger partial charge on any atom is -0.337 e. The molecule has 0 aromatic carbocycles. The molecule has 0 saturated carbocycles. The molecule has 0 aliphatic carbocycles. The van der Waals surface area contributed by atoms with Gasteiger partial charge in [-0.1, -0.05) is 0 Å². The van der Waals surface area contributed by atoms with Gasteiger partial charge in [0.2, 0.25) is 0 Å². The van der Waals surface area contributed by atoms with Gasteiger partial charge in [0.05, 0.1) is 0 Å². The topological polar surface area (TPSA) is 20.3 Å². The van der Waals surface area contributed by atoms with E-state index in [0.29, 0.717) is 13.1 Å². The van der Waals surface area contributed by atoms with E-state index in [4.69, 9.17) is 0 Å². The van der Waals surface area contributed by atoms with Crippen LogP contribution in [0.25, 0.3) is 0 Å². The van der Waals surface area contributed by atoms with Crippen molar-refractivity contribution in [2.45, 2.75) is 17.8 Å². The highest BCUT2D eigenvalue weighted by Crippen LogP contribution is 2.24. The zero-order valence-electron chi connectivity index (χ0n) is 6.40. The molecule has 0 rings (SSSR count). The van der Waals surface area contributed by atoms with E-state index in [2.05, 4.69) is 0 Å². The van der Waals surface area contributed by atoms with Crippen molar-refractivity contribution in [3.63, 3.8) is 0 Å². The SMILES string of the molecule is CCN(CC)C(=O)C(F)(F)I. The number of hydrogen-bond donors (Lipinski definition) is 0. The lowest BCUT2D eigenvalue weighted by atomic mass is 10.4. The minimum absolute atomic E-state index is 0.327. The van der Waals surface area contributed by atoms with Crippen LogP contribution in [-0.2, 0) is 4.79 Å². The molecular formula is C6H10F2INO. The van der Waals surface area contributed by atoms with Gasteiger partial charge in [-0.05, 0) is 13.8 Å². The maximum Gasteiger partial charge on any atom is 0.372 e. The number of halogens is 3. The summed E-state index contributed by atoms with van der Waals surface area (Å²) in [5.41, 5.74) is 0. The van der Waals surface area contributed by atoms with Crippen molar-refractivity contribution in [3.8, 4) is 0 Å². The minimum atomic E-state index is -3.26.